The van der Waals surface area contributed by atoms with Gasteiger partial charge in [-0.2, -0.15) is 0 Å². The van der Waals surface area contributed by atoms with Gasteiger partial charge in [-0.05, 0) is 51.3 Å². The Morgan fingerprint density at radius 1 is 1.40 bits per heavy atom. The second kappa shape index (κ2) is 8.67. The van der Waals surface area contributed by atoms with Gasteiger partial charge in [0, 0.05) is 19.6 Å². The lowest BCUT2D eigenvalue weighted by Crippen LogP contribution is -2.45. The summed E-state index contributed by atoms with van der Waals surface area (Å²) in [6, 6.07) is 7.63. The van der Waals surface area contributed by atoms with Gasteiger partial charge in [-0.15, -0.1) is 0 Å². The summed E-state index contributed by atoms with van der Waals surface area (Å²) < 4.78 is 31.1. The number of carbonyl (C=O) groups excluding carboxylic acids is 1. The van der Waals surface area contributed by atoms with Crippen LogP contribution >= 0.6 is 0 Å². The van der Waals surface area contributed by atoms with Crippen molar-refractivity contribution in [2.75, 3.05) is 18.8 Å². The minimum Gasteiger partial charge on any atom is -0.491 e. The van der Waals surface area contributed by atoms with Gasteiger partial charge in [0.05, 0.1) is 17.8 Å². The Labute approximate surface area is 150 Å². The lowest BCUT2D eigenvalue weighted by molar-refractivity contribution is -0.126. The number of nitrogens with zero attached hydrogens (tertiary/aromatic N) is 1. The lowest BCUT2D eigenvalue weighted by atomic mass is 9.99. The Bertz CT molecular complexity index is 688. The molecule has 1 amide bonds. The van der Waals surface area contributed by atoms with Crippen molar-refractivity contribution in [1.82, 2.24) is 9.62 Å². The monoisotopic (exact) mass is 368 g/mol. The molecule has 1 aliphatic rings. The molecule has 6 nitrogen and oxygen atoms in total. The largest absolute Gasteiger partial charge is 0.491 e. The molecular weight excluding hydrogens is 340 g/mol. The Morgan fingerprint density at radius 3 is 2.84 bits per heavy atom. The van der Waals surface area contributed by atoms with Crippen molar-refractivity contribution in [1.29, 1.82) is 0 Å². The Kier molecular flexibility index (Phi) is 6.84. The number of piperidine rings is 1. The van der Waals surface area contributed by atoms with Gasteiger partial charge in [0.15, 0.2) is 0 Å². The van der Waals surface area contributed by atoms with Gasteiger partial charge in [0.1, 0.15) is 5.75 Å². The highest BCUT2D eigenvalue weighted by atomic mass is 32.2. The Balaban J connectivity index is 1.92. The first-order chi connectivity index (χ1) is 11.8. The van der Waals surface area contributed by atoms with E-state index in [4.69, 9.17) is 4.74 Å². The molecule has 140 valence electrons. The highest BCUT2D eigenvalue weighted by Crippen LogP contribution is 2.20. The quantitative estimate of drug-likeness (QED) is 0.800. The normalized spacial score (nSPS) is 19.0. The number of rotatable bonds is 7. The minimum atomic E-state index is -3.24. The van der Waals surface area contributed by atoms with Crippen molar-refractivity contribution in [3.05, 3.63) is 29.8 Å². The fourth-order valence-electron chi connectivity index (χ4n) is 2.93. The van der Waals surface area contributed by atoms with Gasteiger partial charge in [0.2, 0.25) is 15.9 Å². The van der Waals surface area contributed by atoms with Crippen LogP contribution < -0.4 is 10.1 Å². The molecule has 7 heteroatoms. The molecule has 0 aliphatic carbocycles. The second-order valence-electron chi connectivity index (χ2n) is 6.63. The van der Waals surface area contributed by atoms with Crippen LogP contribution in [0.3, 0.4) is 0 Å². The van der Waals surface area contributed by atoms with Gasteiger partial charge in [-0.1, -0.05) is 12.1 Å². The van der Waals surface area contributed by atoms with Crippen molar-refractivity contribution in [2.45, 2.75) is 46.3 Å². The van der Waals surface area contributed by atoms with Gasteiger partial charge in [-0.25, -0.2) is 12.7 Å². The van der Waals surface area contributed by atoms with Crippen LogP contribution in [0, 0.1) is 5.92 Å². The van der Waals surface area contributed by atoms with Crippen molar-refractivity contribution < 1.29 is 17.9 Å². The Morgan fingerprint density at radius 2 is 2.16 bits per heavy atom. The first-order valence-electron chi connectivity index (χ1n) is 8.83. The number of hydrogen-bond acceptors (Lipinski definition) is 4. The molecule has 1 aliphatic heterocycles. The number of ether oxygens (including phenoxy) is 1. The van der Waals surface area contributed by atoms with E-state index in [1.165, 1.54) is 4.31 Å². The van der Waals surface area contributed by atoms with Crippen LogP contribution in [-0.2, 0) is 21.4 Å². The van der Waals surface area contributed by atoms with Crippen LogP contribution in [0.4, 0.5) is 0 Å². The zero-order valence-electron chi connectivity index (χ0n) is 15.2. The fraction of sp³-hybridized carbons (Fsp3) is 0.611. The van der Waals surface area contributed by atoms with E-state index in [9.17, 15) is 13.2 Å². The average molecular weight is 368 g/mol. The molecule has 0 aromatic heterocycles. The van der Waals surface area contributed by atoms with Crippen LogP contribution in [0.2, 0.25) is 0 Å². The minimum absolute atomic E-state index is 0.0734. The van der Waals surface area contributed by atoms with Gasteiger partial charge < -0.3 is 10.1 Å². The van der Waals surface area contributed by atoms with E-state index in [1.54, 1.807) is 6.92 Å². The number of nitrogens with one attached hydrogen (secondary N) is 1. The van der Waals surface area contributed by atoms with Crippen LogP contribution in [0.5, 0.6) is 5.75 Å². The summed E-state index contributed by atoms with van der Waals surface area (Å²) in [5.74, 6) is 0.472. The lowest BCUT2D eigenvalue weighted by Gasteiger charge is -2.30. The first-order valence-corrected chi connectivity index (χ1v) is 10.4. The fourth-order valence-corrected chi connectivity index (χ4v) is 4.11. The Hall–Kier alpha value is -1.60. The molecule has 1 aromatic rings. The predicted octanol–water partition coefficient (Wildman–Crippen LogP) is 2.15. The summed E-state index contributed by atoms with van der Waals surface area (Å²) in [5.41, 5.74) is 0.959. The van der Waals surface area contributed by atoms with E-state index in [-0.39, 0.29) is 30.2 Å². The smallest absolute Gasteiger partial charge is 0.224 e. The summed E-state index contributed by atoms with van der Waals surface area (Å²) in [6.07, 6.45) is 1.53. The van der Waals surface area contributed by atoms with Crippen molar-refractivity contribution >= 4 is 15.9 Å². The maximum Gasteiger partial charge on any atom is 0.224 e. The third-order valence-electron chi connectivity index (χ3n) is 4.25. The molecular formula is C18H28N2O4S. The molecule has 0 spiro atoms. The van der Waals surface area contributed by atoms with Gasteiger partial charge in [0.25, 0.3) is 0 Å². The van der Waals surface area contributed by atoms with Crippen LogP contribution in [0.1, 0.15) is 39.2 Å². The average Bonchev–Trinajstić information content (AvgIpc) is 2.59. The van der Waals surface area contributed by atoms with Crippen LogP contribution in [-0.4, -0.2) is 43.6 Å². The molecule has 25 heavy (non-hydrogen) atoms. The highest BCUT2D eigenvalue weighted by molar-refractivity contribution is 7.89. The van der Waals surface area contributed by atoms with Crippen LogP contribution in [0.25, 0.3) is 0 Å². The summed E-state index contributed by atoms with van der Waals surface area (Å²) in [7, 11) is -3.24. The van der Waals surface area contributed by atoms with Crippen LogP contribution in [0.15, 0.2) is 24.3 Å². The van der Waals surface area contributed by atoms with E-state index < -0.39 is 10.0 Å². The number of carbonyl (C=O) groups is 1. The number of amides is 1. The molecule has 0 radical (unpaired) electrons. The molecule has 1 N–H and O–H groups in total. The van der Waals surface area contributed by atoms with Crippen molar-refractivity contribution in [3.63, 3.8) is 0 Å². The number of benzene rings is 1. The highest BCUT2D eigenvalue weighted by Gasteiger charge is 2.31. The molecule has 2 rings (SSSR count). The third kappa shape index (κ3) is 5.71. The maximum absolute atomic E-state index is 12.4. The topological polar surface area (TPSA) is 75.7 Å². The summed E-state index contributed by atoms with van der Waals surface area (Å²) in [4.78, 5) is 12.4. The molecule has 1 atom stereocenters. The molecule has 0 bridgehead atoms. The third-order valence-corrected chi connectivity index (χ3v) is 6.10. The predicted molar refractivity (Wildman–Crippen MR) is 97.8 cm³/mol. The molecule has 1 fully saturated rings. The van der Waals surface area contributed by atoms with Crippen molar-refractivity contribution in [2.24, 2.45) is 5.92 Å². The molecule has 1 heterocycles. The van der Waals surface area contributed by atoms with E-state index in [1.807, 2.05) is 38.1 Å². The van der Waals surface area contributed by atoms with E-state index >= 15 is 0 Å². The van der Waals surface area contributed by atoms with E-state index in [0.29, 0.717) is 13.1 Å². The number of hydrogen-bond donors (Lipinski definition) is 1. The summed E-state index contributed by atoms with van der Waals surface area (Å²) in [5, 5.41) is 2.92. The van der Waals surface area contributed by atoms with E-state index in [0.717, 1.165) is 24.2 Å². The standard InChI is InChI=1S/C18H28N2O4S/c1-4-25(22,23)20-10-6-8-16(13-20)18(21)19-12-15-7-5-9-17(11-15)24-14(2)3/h5,7,9,11,14,16H,4,6,8,10,12-13H2,1-3H3,(H,19,21)/t16-/m1/s1. The summed E-state index contributed by atoms with van der Waals surface area (Å²) in [6.45, 7) is 6.75. The zero-order valence-corrected chi connectivity index (χ0v) is 16.0. The molecule has 0 unspecified atom stereocenters. The first kappa shape index (κ1) is 19.7. The van der Waals surface area contributed by atoms with Crippen molar-refractivity contribution in [3.8, 4) is 5.75 Å². The summed E-state index contributed by atoms with van der Waals surface area (Å²) >= 11 is 0. The molecule has 1 saturated heterocycles. The molecule has 0 saturated carbocycles. The number of sulfonamides is 1. The van der Waals surface area contributed by atoms with E-state index in [2.05, 4.69) is 5.32 Å². The van der Waals surface area contributed by atoms with Gasteiger partial charge >= 0.3 is 0 Å². The zero-order chi connectivity index (χ0) is 18.4. The van der Waals surface area contributed by atoms with Gasteiger partial charge in [-0.3, -0.25) is 4.79 Å². The second-order valence-corrected chi connectivity index (χ2v) is 8.89. The SMILES string of the molecule is CCS(=O)(=O)N1CCC[C@@H](C(=O)NCc2cccc(OC(C)C)c2)C1. The molecule has 1 aromatic carbocycles. The maximum atomic E-state index is 12.4.